The smallest absolute Gasteiger partial charge is 0.328 e. The Morgan fingerprint density at radius 2 is 1.48 bits per heavy atom. The molecule has 0 radical (unpaired) electrons. The van der Waals surface area contributed by atoms with E-state index in [4.69, 9.17) is 21.7 Å². The van der Waals surface area contributed by atoms with Crippen LogP contribution in [-0.4, -0.2) is 76.8 Å². The standard InChI is InChI=1S/C12H21N5O7S/c13-2-9(20)15-7(4-25)11(22)16-5(1-8(14)19)10(21)17-6(3-18)12(23)24/h5-7,18,25H,1-4,13H2,(H2,14,19)(H,15,20)(H,16,22)(H,17,21)(H,23,24). The van der Waals surface area contributed by atoms with Crippen LogP contribution in [0.1, 0.15) is 6.42 Å². The van der Waals surface area contributed by atoms with Crippen molar-refractivity contribution in [2.24, 2.45) is 11.5 Å². The first-order valence-electron chi connectivity index (χ1n) is 6.99. The van der Waals surface area contributed by atoms with Crippen molar-refractivity contribution >= 4 is 42.2 Å². The van der Waals surface area contributed by atoms with Crippen LogP contribution in [0.2, 0.25) is 0 Å². The highest BCUT2D eigenvalue weighted by molar-refractivity contribution is 7.80. The summed E-state index contributed by atoms with van der Waals surface area (Å²) in [5.74, 6) is -5.12. The van der Waals surface area contributed by atoms with Crippen molar-refractivity contribution < 1.29 is 34.2 Å². The van der Waals surface area contributed by atoms with Crippen LogP contribution in [0.4, 0.5) is 0 Å². The number of nitrogens with one attached hydrogen (secondary N) is 3. The van der Waals surface area contributed by atoms with E-state index in [1.165, 1.54) is 0 Å². The van der Waals surface area contributed by atoms with Crippen LogP contribution in [-0.2, 0) is 24.0 Å². The van der Waals surface area contributed by atoms with Crippen LogP contribution in [0.3, 0.4) is 0 Å². The molecule has 0 bridgehead atoms. The number of aliphatic carboxylic acids is 1. The second-order valence-corrected chi connectivity index (χ2v) is 5.19. The Labute approximate surface area is 148 Å². The average molecular weight is 379 g/mol. The predicted molar refractivity (Wildman–Crippen MR) is 87.2 cm³/mol. The van der Waals surface area contributed by atoms with Gasteiger partial charge < -0.3 is 37.6 Å². The van der Waals surface area contributed by atoms with Gasteiger partial charge in [-0.15, -0.1) is 0 Å². The summed E-state index contributed by atoms with van der Waals surface area (Å²) in [5, 5.41) is 24.1. The Bertz CT molecular complexity index is 530. The van der Waals surface area contributed by atoms with Crippen molar-refractivity contribution in [2.45, 2.75) is 24.5 Å². The molecule has 0 spiro atoms. The zero-order valence-electron chi connectivity index (χ0n) is 13.1. The van der Waals surface area contributed by atoms with Gasteiger partial charge in [-0.3, -0.25) is 19.2 Å². The highest BCUT2D eigenvalue weighted by Gasteiger charge is 2.29. The molecule has 13 heteroatoms. The van der Waals surface area contributed by atoms with Gasteiger partial charge in [0.2, 0.25) is 23.6 Å². The Kier molecular flexibility index (Phi) is 10.2. The zero-order chi connectivity index (χ0) is 19.6. The minimum Gasteiger partial charge on any atom is -0.480 e. The van der Waals surface area contributed by atoms with E-state index in [0.29, 0.717) is 0 Å². The fraction of sp³-hybridized carbons (Fsp3) is 0.583. The molecule has 12 nitrogen and oxygen atoms in total. The number of thiol groups is 1. The van der Waals surface area contributed by atoms with Gasteiger partial charge in [-0.1, -0.05) is 0 Å². The molecule has 3 unspecified atom stereocenters. The second kappa shape index (κ2) is 11.2. The van der Waals surface area contributed by atoms with Crippen LogP contribution in [0.15, 0.2) is 0 Å². The molecule has 0 aromatic rings. The van der Waals surface area contributed by atoms with Crippen molar-refractivity contribution in [2.75, 3.05) is 18.9 Å². The van der Waals surface area contributed by atoms with Gasteiger partial charge in [-0.2, -0.15) is 12.6 Å². The summed E-state index contributed by atoms with van der Waals surface area (Å²) in [5.41, 5.74) is 10.1. The van der Waals surface area contributed by atoms with Crippen LogP contribution in [0, 0.1) is 0 Å². The molecule has 0 aliphatic heterocycles. The lowest BCUT2D eigenvalue weighted by molar-refractivity contribution is -0.143. The number of carbonyl (C=O) groups excluding carboxylic acids is 4. The molecule has 4 amide bonds. The van der Waals surface area contributed by atoms with Crippen molar-refractivity contribution in [3.05, 3.63) is 0 Å². The average Bonchev–Trinajstić information content (AvgIpc) is 2.55. The van der Waals surface area contributed by atoms with E-state index < -0.39 is 60.8 Å². The number of rotatable bonds is 11. The number of aliphatic hydroxyl groups is 1. The van der Waals surface area contributed by atoms with E-state index >= 15 is 0 Å². The molecule has 0 saturated carbocycles. The number of hydrogen-bond donors (Lipinski definition) is 8. The lowest BCUT2D eigenvalue weighted by atomic mass is 10.1. The monoisotopic (exact) mass is 379 g/mol. The molecule has 0 fully saturated rings. The number of carboxylic acids is 1. The Morgan fingerprint density at radius 1 is 0.960 bits per heavy atom. The first-order valence-corrected chi connectivity index (χ1v) is 7.62. The van der Waals surface area contributed by atoms with Crippen molar-refractivity contribution in [1.82, 2.24) is 16.0 Å². The fourth-order valence-corrected chi connectivity index (χ4v) is 1.85. The van der Waals surface area contributed by atoms with E-state index in [9.17, 15) is 24.0 Å². The lowest BCUT2D eigenvalue weighted by Gasteiger charge is -2.22. The van der Waals surface area contributed by atoms with E-state index in [1.807, 2.05) is 5.32 Å². The number of aliphatic hydroxyl groups excluding tert-OH is 1. The molecular formula is C12H21N5O7S. The summed E-state index contributed by atoms with van der Waals surface area (Å²) in [6, 6.07) is -4.27. The van der Waals surface area contributed by atoms with Crippen LogP contribution >= 0.6 is 12.6 Å². The van der Waals surface area contributed by atoms with Crippen molar-refractivity contribution in [1.29, 1.82) is 0 Å². The van der Waals surface area contributed by atoms with E-state index in [2.05, 4.69) is 23.3 Å². The van der Waals surface area contributed by atoms with Crippen molar-refractivity contribution in [3.63, 3.8) is 0 Å². The van der Waals surface area contributed by atoms with Gasteiger partial charge >= 0.3 is 5.97 Å². The number of carboxylic acid groups (broad SMARTS) is 1. The zero-order valence-corrected chi connectivity index (χ0v) is 14.0. The normalized spacial score (nSPS) is 13.9. The lowest BCUT2D eigenvalue weighted by Crippen LogP contribution is -2.57. The van der Waals surface area contributed by atoms with Gasteiger partial charge in [0.05, 0.1) is 19.6 Å². The summed E-state index contributed by atoms with van der Waals surface area (Å²) < 4.78 is 0. The Balaban J connectivity index is 5.10. The van der Waals surface area contributed by atoms with E-state index in [0.717, 1.165) is 0 Å². The van der Waals surface area contributed by atoms with Gasteiger partial charge in [0.15, 0.2) is 0 Å². The quantitative estimate of drug-likeness (QED) is 0.163. The van der Waals surface area contributed by atoms with Crippen LogP contribution in [0.5, 0.6) is 0 Å². The summed E-state index contributed by atoms with van der Waals surface area (Å²) in [4.78, 5) is 57.3. The second-order valence-electron chi connectivity index (χ2n) is 4.82. The molecule has 0 rings (SSSR count). The number of hydrogen-bond acceptors (Lipinski definition) is 8. The molecule has 0 aromatic carbocycles. The third kappa shape index (κ3) is 8.32. The molecule has 3 atom stereocenters. The van der Waals surface area contributed by atoms with Crippen LogP contribution < -0.4 is 27.4 Å². The predicted octanol–water partition coefficient (Wildman–Crippen LogP) is -4.72. The van der Waals surface area contributed by atoms with Gasteiger partial charge in [-0.05, 0) is 0 Å². The highest BCUT2D eigenvalue weighted by Crippen LogP contribution is 1.97. The number of amides is 4. The molecule has 0 saturated heterocycles. The molecule has 9 N–H and O–H groups in total. The molecule has 0 aliphatic rings. The minimum absolute atomic E-state index is 0.128. The van der Waals surface area contributed by atoms with Gasteiger partial charge in [0.25, 0.3) is 0 Å². The summed E-state index contributed by atoms with van der Waals surface area (Å²) in [6.07, 6.45) is -0.626. The van der Waals surface area contributed by atoms with E-state index in [-0.39, 0.29) is 12.3 Å². The van der Waals surface area contributed by atoms with Gasteiger partial charge in [0, 0.05) is 5.75 Å². The maximum absolute atomic E-state index is 12.1. The minimum atomic E-state index is -1.63. The molecule has 0 aromatic heterocycles. The number of primary amides is 1. The largest absolute Gasteiger partial charge is 0.480 e. The topological polar surface area (TPSA) is 214 Å². The molecule has 142 valence electrons. The fourth-order valence-electron chi connectivity index (χ4n) is 1.59. The molecule has 0 heterocycles. The Hall–Kier alpha value is -2.38. The molecule has 0 aliphatic carbocycles. The number of nitrogens with two attached hydrogens (primary N) is 2. The maximum Gasteiger partial charge on any atom is 0.328 e. The van der Waals surface area contributed by atoms with Crippen LogP contribution in [0.25, 0.3) is 0 Å². The van der Waals surface area contributed by atoms with E-state index in [1.54, 1.807) is 0 Å². The summed E-state index contributed by atoms with van der Waals surface area (Å²) in [7, 11) is 0. The highest BCUT2D eigenvalue weighted by atomic mass is 32.1. The third-order valence-corrected chi connectivity index (χ3v) is 3.22. The molecule has 25 heavy (non-hydrogen) atoms. The molecular weight excluding hydrogens is 358 g/mol. The van der Waals surface area contributed by atoms with Crippen molar-refractivity contribution in [3.8, 4) is 0 Å². The summed E-state index contributed by atoms with van der Waals surface area (Å²) >= 11 is 3.89. The maximum atomic E-state index is 12.1. The third-order valence-electron chi connectivity index (χ3n) is 2.86. The first kappa shape index (κ1) is 22.6. The Morgan fingerprint density at radius 3 is 1.88 bits per heavy atom. The number of carbonyl (C=O) groups is 5. The van der Waals surface area contributed by atoms with Gasteiger partial charge in [0.1, 0.15) is 18.1 Å². The van der Waals surface area contributed by atoms with Gasteiger partial charge in [-0.25, -0.2) is 4.79 Å². The summed E-state index contributed by atoms with van der Waals surface area (Å²) in [6.45, 7) is -1.27. The SMILES string of the molecule is NCC(=O)NC(CS)C(=O)NC(CC(N)=O)C(=O)NC(CO)C(=O)O. The first-order chi connectivity index (χ1) is 11.7.